The summed E-state index contributed by atoms with van der Waals surface area (Å²) < 4.78 is 0. The Bertz CT molecular complexity index is 562. The van der Waals surface area contributed by atoms with Gasteiger partial charge in [0.1, 0.15) is 0 Å². The molecule has 1 saturated heterocycles. The summed E-state index contributed by atoms with van der Waals surface area (Å²) in [5.41, 5.74) is 3.59. The van der Waals surface area contributed by atoms with E-state index < -0.39 is 0 Å². The number of hydrogen-bond donors (Lipinski definition) is 1. The smallest absolute Gasteiger partial charge is 0.0705 e. The Morgan fingerprint density at radius 1 is 1.22 bits per heavy atom. The van der Waals surface area contributed by atoms with Crippen LogP contribution in [-0.4, -0.2) is 11.5 Å². The van der Waals surface area contributed by atoms with Crippen LogP contribution in [0.3, 0.4) is 0 Å². The summed E-state index contributed by atoms with van der Waals surface area (Å²) in [6, 6.07) is 11.4. The number of rotatable bonds is 1. The second-order valence-corrected chi connectivity index (χ2v) is 5.54. The van der Waals surface area contributed by atoms with Crippen molar-refractivity contribution in [2.75, 3.05) is 6.54 Å². The summed E-state index contributed by atoms with van der Waals surface area (Å²) >= 11 is 0. The molecule has 1 aromatic carbocycles. The van der Waals surface area contributed by atoms with Crippen molar-refractivity contribution in [3.8, 4) is 0 Å². The monoisotopic (exact) mass is 240 g/mol. The van der Waals surface area contributed by atoms with Gasteiger partial charge in [0.25, 0.3) is 0 Å². The lowest BCUT2D eigenvalue weighted by Crippen LogP contribution is -2.30. The van der Waals surface area contributed by atoms with Crippen LogP contribution in [0.2, 0.25) is 0 Å². The molecule has 2 heterocycles. The van der Waals surface area contributed by atoms with E-state index in [-0.39, 0.29) is 0 Å². The van der Waals surface area contributed by atoms with E-state index in [9.17, 15) is 0 Å². The summed E-state index contributed by atoms with van der Waals surface area (Å²) in [6.07, 6.45) is 2.54. The second-order valence-electron chi connectivity index (χ2n) is 5.54. The average Bonchev–Trinajstić information content (AvgIpc) is 2.38. The molecule has 0 radical (unpaired) electrons. The van der Waals surface area contributed by atoms with E-state index in [1.165, 1.54) is 23.8 Å². The van der Waals surface area contributed by atoms with Crippen molar-refractivity contribution in [3.05, 3.63) is 41.6 Å². The highest BCUT2D eigenvalue weighted by Crippen LogP contribution is 2.28. The number of piperidine rings is 1. The van der Waals surface area contributed by atoms with Crippen molar-refractivity contribution in [2.45, 2.75) is 32.7 Å². The van der Waals surface area contributed by atoms with Crippen LogP contribution in [0.4, 0.5) is 0 Å². The Morgan fingerprint density at radius 3 is 2.94 bits per heavy atom. The molecular formula is C16H20N2. The van der Waals surface area contributed by atoms with E-state index in [0.29, 0.717) is 6.04 Å². The predicted molar refractivity (Wildman–Crippen MR) is 75.6 cm³/mol. The van der Waals surface area contributed by atoms with Crippen LogP contribution in [0.1, 0.15) is 37.1 Å². The van der Waals surface area contributed by atoms with Crippen molar-refractivity contribution in [3.63, 3.8) is 0 Å². The van der Waals surface area contributed by atoms with Crippen LogP contribution in [0.5, 0.6) is 0 Å². The number of hydrogen-bond acceptors (Lipinski definition) is 2. The Morgan fingerprint density at radius 2 is 2.11 bits per heavy atom. The van der Waals surface area contributed by atoms with Gasteiger partial charge in [0.15, 0.2) is 0 Å². The molecule has 2 nitrogen and oxygen atoms in total. The van der Waals surface area contributed by atoms with Gasteiger partial charge < -0.3 is 5.32 Å². The Labute approximate surface area is 108 Å². The first kappa shape index (κ1) is 11.7. The lowest BCUT2D eigenvalue weighted by Gasteiger charge is -2.28. The highest BCUT2D eigenvalue weighted by atomic mass is 14.9. The highest BCUT2D eigenvalue weighted by Gasteiger charge is 2.19. The lowest BCUT2D eigenvalue weighted by molar-refractivity contribution is 0.325. The molecule has 18 heavy (non-hydrogen) atoms. The van der Waals surface area contributed by atoms with Crippen molar-refractivity contribution in [1.82, 2.24) is 10.3 Å². The Hall–Kier alpha value is -1.41. The molecule has 0 saturated carbocycles. The summed E-state index contributed by atoms with van der Waals surface area (Å²) in [7, 11) is 0. The van der Waals surface area contributed by atoms with Gasteiger partial charge in [0, 0.05) is 17.1 Å². The van der Waals surface area contributed by atoms with E-state index in [4.69, 9.17) is 0 Å². The Balaban J connectivity index is 1.95. The Kier molecular flexibility index (Phi) is 3.04. The van der Waals surface area contributed by atoms with Gasteiger partial charge >= 0.3 is 0 Å². The third-order valence-electron chi connectivity index (χ3n) is 3.92. The molecule has 0 aliphatic carbocycles. The van der Waals surface area contributed by atoms with Crippen LogP contribution >= 0.6 is 0 Å². The number of pyridine rings is 1. The minimum atomic E-state index is 0.513. The van der Waals surface area contributed by atoms with E-state index in [1.807, 2.05) is 6.92 Å². The van der Waals surface area contributed by atoms with Crippen molar-refractivity contribution >= 4 is 10.9 Å². The second kappa shape index (κ2) is 4.69. The molecule has 1 aliphatic rings. The van der Waals surface area contributed by atoms with E-state index in [0.717, 1.165) is 23.7 Å². The maximum absolute atomic E-state index is 4.56. The fraction of sp³-hybridized carbons (Fsp3) is 0.438. The van der Waals surface area contributed by atoms with Gasteiger partial charge in [-0.25, -0.2) is 0 Å². The molecule has 2 atom stereocenters. The third kappa shape index (κ3) is 2.25. The van der Waals surface area contributed by atoms with Crippen molar-refractivity contribution in [1.29, 1.82) is 0 Å². The predicted octanol–water partition coefficient (Wildman–Crippen LogP) is 3.60. The van der Waals surface area contributed by atoms with Crippen molar-refractivity contribution < 1.29 is 0 Å². The first-order valence-corrected chi connectivity index (χ1v) is 6.83. The molecule has 1 aromatic heterocycles. The zero-order valence-electron chi connectivity index (χ0n) is 11.1. The minimum absolute atomic E-state index is 0.513. The van der Waals surface area contributed by atoms with Gasteiger partial charge in [-0.2, -0.15) is 0 Å². The zero-order chi connectivity index (χ0) is 12.5. The normalized spacial score (nSPS) is 24.3. The first-order chi connectivity index (χ1) is 8.72. The SMILES string of the molecule is Cc1ccc2cc(C3CC(C)CCN3)ccc2n1. The van der Waals surface area contributed by atoms with Gasteiger partial charge in [-0.05, 0) is 56.0 Å². The highest BCUT2D eigenvalue weighted by molar-refractivity contribution is 5.79. The molecule has 0 amide bonds. The standard InChI is InChI=1S/C16H20N2/c1-11-7-8-17-16(9-11)14-5-6-15-13(10-14)4-3-12(2)18-15/h3-6,10-11,16-17H,7-9H2,1-2H3. The lowest BCUT2D eigenvalue weighted by atomic mass is 9.89. The largest absolute Gasteiger partial charge is 0.310 e. The molecule has 1 fully saturated rings. The van der Waals surface area contributed by atoms with Crippen LogP contribution in [0.15, 0.2) is 30.3 Å². The fourth-order valence-corrected chi connectivity index (χ4v) is 2.82. The molecule has 0 bridgehead atoms. The van der Waals surface area contributed by atoms with E-state index >= 15 is 0 Å². The van der Waals surface area contributed by atoms with Crippen LogP contribution in [-0.2, 0) is 0 Å². The quantitative estimate of drug-likeness (QED) is 0.823. The number of aromatic nitrogens is 1. The maximum atomic E-state index is 4.56. The minimum Gasteiger partial charge on any atom is -0.310 e. The molecule has 2 unspecified atom stereocenters. The maximum Gasteiger partial charge on any atom is 0.0705 e. The molecule has 1 N–H and O–H groups in total. The summed E-state index contributed by atoms with van der Waals surface area (Å²) in [5.74, 6) is 0.822. The van der Waals surface area contributed by atoms with Crippen LogP contribution < -0.4 is 5.32 Å². The van der Waals surface area contributed by atoms with E-state index in [2.05, 4.69) is 47.6 Å². The molecule has 2 heteroatoms. The van der Waals surface area contributed by atoms with Gasteiger partial charge in [-0.15, -0.1) is 0 Å². The number of fused-ring (bicyclic) bond motifs is 1. The molecule has 2 aromatic rings. The summed E-state index contributed by atoms with van der Waals surface area (Å²) in [4.78, 5) is 4.56. The molecule has 0 spiro atoms. The average molecular weight is 240 g/mol. The van der Waals surface area contributed by atoms with E-state index in [1.54, 1.807) is 0 Å². The number of nitrogens with one attached hydrogen (secondary N) is 1. The zero-order valence-corrected chi connectivity index (χ0v) is 11.1. The third-order valence-corrected chi connectivity index (χ3v) is 3.92. The van der Waals surface area contributed by atoms with Crippen molar-refractivity contribution in [2.24, 2.45) is 5.92 Å². The summed E-state index contributed by atoms with van der Waals surface area (Å²) in [6.45, 7) is 5.52. The fourth-order valence-electron chi connectivity index (χ4n) is 2.82. The van der Waals surface area contributed by atoms with Gasteiger partial charge in [-0.1, -0.05) is 19.1 Å². The summed E-state index contributed by atoms with van der Waals surface area (Å²) in [5, 5.41) is 4.87. The van der Waals surface area contributed by atoms with Gasteiger partial charge in [0.05, 0.1) is 5.52 Å². The van der Waals surface area contributed by atoms with Gasteiger partial charge in [0.2, 0.25) is 0 Å². The number of benzene rings is 1. The van der Waals surface area contributed by atoms with Gasteiger partial charge in [-0.3, -0.25) is 4.98 Å². The molecular weight excluding hydrogens is 220 g/mol. The molecule has 1 aliphatic heterocycles. The van der Waals surface area contributed by atoms with Crippen LogP contribution in [0.25, 0.3) is 10.9 Å². The number of aryl methyl sites for hydroxylation is 1. The molecule has 94 valence electrons. The molecule has 3 rings (SSSR count). The van der Waals surface area contributed by atoms with Crippen LogP contribution in [0, 0.1) is 12.8 Å². The first-order valence-electron chi connectivity index (χ1n) is 6.83. The number of nitrogens with zero attached hydrogens (tertiary/aromatic N) is 1. The topological polar surface area (TPSA) is 24.9 Å².